The first kappa shape index (κ1) is 24.9. The third kappa shape index (κ3) is 4.94. The molecule has 0 spiro atoms. The summed E-state index contributed by atoms with van der Waals surface area (Å²) in [5.41, 5.74) is -3.09. The summed E-state index contributed by atoms with van der Waals surface area (Å²) in [6.45, 7) is 3.02. The topological polar surface area (TPSA) is 91.2 Å². The van der Waals surface area contributed by atoms with Gasteiger partial charge >= 0.3 is 17.8 Å². The molecular weight excluding hydrogens is 479 g/mol. The van der Waals surface area contributed by atoms with Gasteiger partial charge in [0.05, 0.1) is 12.2 Å². The second-order valence-electron chi connectivity index (χ2n) is 7.73. The van der Waals surface area contributed by atoms with Crippen molar-refractivity contribution >= 4 is 39.8 Å². The lowest BCUT2D eigenvalue weighted by atomic mass is 9.88. The highest BCUT2D eigenvalue weighted by atomic mass is 35.5. The van der Waals surface area contributed by atoms with Crippen molar-refractivity contribution in [1.29, 1.82) is 5.26 Å². The van der Waals surface area contributed by atoms with Crippen LogP contribution in [0.4, 0.5) is 18.2 Å². The number of hydrogen-bond donors (Lipinski definition) is 2. The maximum absolute atomic E-state index is 14.5. The number of esters is 1. The molecule has 1 amide bonds. The van der Waals surface area contributed by atoms with Crippen LogP contribution in [0.3, 0.4) is 0 Å². The quantitative estimate of drug-likeness (QED) is 0.428. The number of benzene rings is 1. The summed E-state index contributed by atoms with van der Waals surface area (Å²) >= 11 is 6.84. The molecule has 33 heavy (non-hydrogen) atoms. The molecule has 1 aliphatic rings. The van der Waals surface area contributed by atoms with E-state index in [1.807, 2.05) is 13.0 Å². The van der Waals surface area contributed by atoms with Gasteiger partial charge in [0, 0.05) is 15.5 Å². The maximum atomic E-state index is 14.5. The van der Waals surface area contributed by atoms with Crippen LogP contribution in [-0.4, -0.2) is 30.3 Å². The van der Waals surface area contributed by atoms with Gasteiger partial charge in [-0.15, -0.1) is 11.3 Å². The second-order valence-corrected chi connectivity index (χ2v) is 9.27. The van der Waals surface area contributed by atoms with Crippen molar-refractivity contribution in [3.8, 4) is 6.07 Å². The van der Waals surface area contributed by atoms with Crippen molar-refractivity contribution in [3.63, 3.8) is 0 Å². The number of carbonyl (C=O) groups excluding carboxylic acids is 2. The Labute approximate surface area is 197 Å². The van der Waals surface area contributed by atoms with Crippen LogP contribution in [0.2, 0.25) is 5.02 Å². The zero-order valence-electron chi connectivity index (χ0n) is 17.8. The fraction of sp³-hybridized carbons (Fsp3) is 0.409. The number of hydrogen-bond acceptors (Lipinski definition) is 6. The molecule has 1 heterocycles. The van der Waals surface area contributed by atoms with Crippen LogP contribution in [0.25, 0.3) is 0 Å². The number of thiophene rings is 1. The largest absolute Gasteiger partial charge is 0.463 e. The Balaban J connectivity index is 2.10. The summed E-state index contributed by atoms with van der Waals surface area (Å²) in [6, 6.07) is 7.24. The fourth-order valence-corrected chi connectivity index (χ4v) is 5.24. The van der Waals surface area contributed by atoms with Crippen molar-refractivity contribution in [2.75, 3.05) is 11.9 Å². The lowest BCUT2D eigenvalue weighted by Gasteiger charge is -2.35. The van der Waals surface area contributed by atoms with Crippen LogP contribution < -0.4 is 10.6 Å². The SMILES string of the molecule is CCOC(=O)[C@@](NC(=O)c1cccc(Cl)c1)(Nc1sc2c(c1C#N)CC[C@@H](C)C2)C(F)(F)F. The first-order valence-corrected chi connectivity index (χ1v) is 11.4. The Kier molecular flexibility index (Phi) is 7.24. The van der Waals surface area contributed by atoms with E-state index in [0.717, 1.165) is 22.6 Å². The van der Waals surface area contributed by atoms with Gasteiger partial charge in [-0.1, -0.05) is 24.6 Å². The fourth-order valence-electron chi connectivity index (χ4n) is 3.63. The summed E-state index contributed by atoms with van der Waals surface area (Å²) in [5, 5.41) is 13.6. The Morgan fingerprint density at radius 2 is 2.09 bits per heavy atom. The number of nitrogens with one attached hydrogen (secondary N) is 2. The lowest BCUT2D eigenvalue weighted by molar-refractivity contribution is -0.204. The Morgan fingerprint density at radius 1 is 1.36 bits per heavy atom. The maximum Gasteiger partial charge on any atom is 0.441 e. The van der Waals surface area contributed by atoms with Gasteiger partial charge in [-0.3, -0.25) is 4.79 Å². The van der Waals surface area contributed by atoms with Crippen LogP contribution in [0.5, 0.6) is 0 Å². The number of nitriles is 1. The average molecular weight is 500 g/mol. The van der Waals surface area contributed by atoms with Gasteiger partial charge in [-0.05, 0) is 55.9 Å². The lowest BCUT2D eigenvalue weighted by Crippen LogP contribution is -2.69. The molecule has 3 rings (SSSR count). The Morgan fingerprint density at radius 3 is 2.70 bits per heavy atom. The average Bonchev–Trinajstić information content (AvgIpc) is 3.08. The predicted octanol–water partition coefficient (Wildman–Crippen LogP) is 5.06. The van der Waals surface area contributed by atoms with Gasteiger partial charge in [0.2, 0.25) is 0 Å². The molecule has 1 aliphatic carbocycles. The highest BCUT2D eigenvalue weighted by Gasteiger charge is 2.64. The molecule has 1 aromatic heterocycles. The normalized spacial score (nSPS) is 17.3. The third-order valence-electron chi connectivity index (χ3n) is 5.32. The van der Waals surface area contributed by atoms with E-state index in [1.54, 1.807) is 5.32 Å². The molecule has 0 saturated heterocycles. The summed E-state index contributed by atoms with van der Waals surface area (Å²) in [6.07, 6.45) is -3.35. The first-order valence-electron chi connectivity index (χ1n) is 10.2. The van der Waals surface area contributed by atoms with Gasteiger partial charge in [-0.2, -0.15) is 18.4 Å². The predicted molar refractivity (Wildman–Crippen MR) is 118 cm³/mol. The molecule has 176 valence electrons. The van der Waals surface area contributed by atoms with E-state index in [0.29, 0.717) is 24.3 Å². The molecule has 0 fully saturated rings. The molecule has 6 nitrogen and oxygen atoms in total. The molecule has 11 heteroatoms. The van der Waals surface area contributed by atoms with E-state index in [1.165, 1.54) is 31.2 Å². The number of carbonyl (C=O) groups is 2. The van der Waals surface area contributed by atoms with E-state index in [9.17, 15) is 28.0 Å². The number of alkyl halides is 3. The van der Waals surface area contributed by atoms with Crippen molar-refractivity contribution in [2.45, 2.75) is 44.9 Å². The zero-order valence-corrected chi connectivity index (χ0v) is 19.4. The van der Waals surface area contributed by atoms with Gasteiger partial charge in [0.15, 0.2) is 0 Å². The van der Waals surface area contributed by atoms with Crippen molar-refractivity contribution in [1.82, 2.24) is 5.32 Å². The molecule has 2 aromatic rings. The number of fused-ring (bicyclic) bond motifs is 1. The molecule has 0 aliphatic heterocycles. The van der Waals surface area contributed by atoms with Gasteiger partial charge < -0.3 is 15.4 Å². The smallest absolute Gasteiger partial charge is 0.441 e. The molecule has 2 N–H and O–H groups in total. The van der Waals surface area contributed by atoms with Crippen LogP contribution >= 0.6 is 22.9 Å². The Hall–Kier alpha value is -2.77. The molecule has 0 bridgehead atoms. The van der Waals surface area contributed by atoms with Crippen LogP contribution in [0.1, 0.15) is 46.6 Å². The highest BCUT2D eigenvalue weighted by Crippen LogP contribution is 2.42. The van der Waals surface area contributed by atoms with E-state index < -0.39 is 23.7 Å². The molecule has 2 atom stereocenters. The second kappa shape index (κ2) is 9.61. The monoisotopic (exact) mass is 499 g/mol. The van der Waals surface area contributed by atoms with E-state index in [4.69, 9.17) is 16.3 Å². The zero-order chi connectivity index (χ0) is 24.4. The first-order chi connectivity index (χ1) is 15.5. The number of amides is 1. The number of rotatable bonds is 6. The van der Waals surface area contributed by atoms with E-state index >= 15 is 0 Å². The van der Waals surface area contributed by atoms with Gasteiger partial charge in [0.25, 0.3) is 5.91 Å². The van der Waals surface area contributed by atoms with Crippen LogP contribution in [-0.2, 0) is 22.4 Å². The number of ether oxygens (including phenoxy) is 1. The van der Waals surface area contributed by atoms with Crippen LogP contribution in [0.15, 0.2) is 24.3 Å². The summed E-state index contributed by atoms with van der Waals surface area (Å²) in [4.78, 5) is 26.3. The molecule has 1 aromatic carbocycles. The van der Waals surface area contributed by atoms with Gasteiger partial charge in [-0.25, -0.2) is 4.79 Å². The van der Waals surface area contributed by atoms with Crippen molar-refractivity contribution in [2.24, 2.45) is 5.92 Å². The standard InChI is InChI=1S/C22H21ClF3N3O3S/c1-3-32-20(31)21(22(24,25)26,28-18(30)13-5-4-6-14(23)10-13)29-19-16(11-27)15-8-7-12(2)9-17(15)33-19/h4-6,10,12,29H,3,7-9H2,1-2H3,(H,28,30)/t12-,21-/m1/s1. The summed E-state index contributed by atoms with van der Waals surface area (Å²) < 4.78 is 48.2. The summed E-state index contributed by atoms with van der Waals surface area (Å²) in [7, 11) is 0. The van der Waals surface area contributed by atoms with Gasteiger partial charge in [0.1, 0.15) is 11.1 Å². The minimum Gasteiger partial charge on any atom is -0.463 e. The number of anilines is 1. The van der Waals surface area contributed by atoms with E-state index in [-0.39, 0.29) is 27.8 Å². The summed E-state index contributed by atoms with van der Waals surface area (Å²) in [5.74, 6) is -2.61. The molecular formula is C22H21ClF3N3O3S. The van der Waals surface area contributed by atoms with E-state index in [2.05, 4.69) is 5.32 Å². The van der Waals surface area contributed by atoms with Crippen molar-refractivity contribution in [3.05, 3.63) is 50.9 Å². The number of nitrogens with zero attached hydrogens (tertiary/aromatic N) is 1. The number of halogens is 4. The Bertz CT molecular complexity index is 1110. The van der Waals surface area contributed by atoms with Crippen molar-refractivity contribution < 1.29 is 27.5 Å². The molecule has 0 radical (unpaired) electrons. The highest BCUT2D eigenvalue weighted by molar-refractivity contribution is 7.16. The minimum absolute atomic E-state index is 0.0387. The molecule has 0 saturated carbocycles. The third-order valence-corrected chi connectivity index (χ3v) is 6.72. The van der Waals surface area contributed by atoms with Crippen LogP contribution in [0, 0.1) is 17.2 Å². The minimum atomic E-state index is -5.31. The molecule has 0 unspecified atom stereocenters.